The fraction of sp³-hybridized carbons (Fsp3) is 0.0714. The predicted octanol–water partition coefficient (Wildman–Crippen LogP) is 4.32. The topological polar surface area (TPSA) is 17.8 Å². The minimum atomic E-state index is -1.61. The number of fused-ring (bicyclic) bond motifs is 1. The van der Waals surface area contributed by atoms with Crippen molar-refractivity contribution in [3.05, 3.63) is 59.4 Å². The van der Waals surface area contributed by atoms with Gasteiger partial charge in [-0.3, -0.25) is 4.57 Å². The number of para-hydroxylation sites is 1. The zero-order valence-corrected chi connectivity index (χ0v) is 11.1. The summed E-state index contributed by atoms with van der Waals surface area (Å²) in [7, 11) is 0. The smallest absolute Gasteiger partial charge is 0.196 e. The Bertz CT molecular complexity index is 845. The van der Waals surface area contributed by atoms with E-state index in [2.05, 4.69) is 4.98 Å². The molecular formula is C14H7ClF4N2. The highest BCUT2D eigenvalue weighted by Gasteiger charge is 2.20. The van der Waals surface area contributed by atoms with Crippen LogP contribution in [0.1, 0.15) is 5.82 Å². The van der Waals surface area contributed by atoms with Gasteiger partial charge < -0.3 is 0 Å². The van der Waals surface area contributed by atoms with Crippen LogP contribution in [0.4, 0.5) is 17.6 Å². The van der Waals surface area contributed by atoms with E-state index in [-0.39, 0.29) is 28.4 Å². The van der Waals surface area contributed by atoms with Gasteiger partial charge in [0.2, 0.25) is 0 Å². The van der Waals surface area contributed by atoms with Gasteiger partial charge in [0.1, 0.15) is 11.3 Å². The van der Waals surface area contributed by atoms with Crippen LogP contribution >= 0.6 is 11.6 Å². The zero-order chi connectivity index (χ0) is 15.1. The fourth-order valence-corrected chi connectivity index (χ4v) is 2.34. The number of aromatic nitrogens is 2. The summed E-state index contributed by atoms with van der Waals surface area (Å²) in [5.41, 5.74) is -0.0782. The van der Waals surface area contributed by atoms with Crippen molar-refractivity contribution in [2.75, 3.05) is 0 Å². The lowest BCUT2D eigenvalue weighted by atomic mass is 10.2. The predicted molar refractivity (Wildman–Crippen MR) is 70.5 cm³/mol. The van der Waals surface area contributed by atoms with Crippen LogP contribution in [0.2, 0.25) is 0 Å². The summed E-state index contributed by atoms with van der Waals surface area (Å²) in [5.74, 6) is -4.93. The first-order valence-electron chi connectivity index (χ1n) is 5.90. The first kappa shape index (κ1) is 13.9. The number of hydrogen-bond acceptors (Lipinski definition) is 1. The summed E-state index contributed by atoms with van der Waals surface area (Å²) in [5, 5.41) is 0. The maximum Gasteiger partial charge on any atom is 0.196 e. The Morgan fingerprint density at radius 3 is 2.43 bits per heavy atom. The molecule has 0 saturated heterocycles. The third-order valence-electron chi connectivity index (χ3n) is 3.08. The molecule has 0 saturated carbocycles. The van der Waals surface area contributed by atoms with E-state index in [1.807, 2.05) is 0 Å². The Morgan fingerprint density at radius 1 is 0.952 bits per heavy atom. The molecule has 7 heteroatoms. The fourth-order valence-electron chi connectivity index (χ4n) is 2.16. The number of halogens is 5. The second kappa shape index (κ2) is 5.04. The SMILES string of the molecule is Fc1ccc(-n2c(CCl)nc3c(F)cccc32)c(F)c1F. The lowest BCUT2D eigenvalue weighted by Gasteiger charge is -2.09. The molecule has 3 rings (SSSR count). The van der Waals surface area contributed by atoms with E-state index in [0.717, 1.165) is 12.1 Å². The van der Waals surface area contributed by atoms with Gasteiger partial charge in [0.05, 0.1) is 17.1 Å². The largest absolute Gasteiger partial charge is 0.292 e. The van der Waals surface area contributed by atoms with Gasteiger partial charge in [-0.25, -0.2) is 22.5 Å². The number of rotatable bonds is 2. The summed E-state index contributed by atoms with van der Waals surface area (Å²) >= 11 is 5.73. The van der Waals surface area contributed by atoms with Crippen molar-refractivity contribution in [2.24, 2.45) is 0 Å². The second-order valence-corrected chi connectivity index (χ2v) is 4.57. The Hall–Kier alpha value is -2.08. The van der Waals surface area contributed by atoms with Gasteiger partial charge in [0.15, 0.2) is 23.3 Å². The number of alkyl halides is 1. The van der Waals surface area contributed by atoms with Gasteiger partial charge in [-0.15, -0.1) is 11.6 Å². The Kier molecular flexibility index (Phi) is 3.33. The van der Waals surface area contributed by atoms with Crippen LogP contribution < -0.4 is 0 Å². The van der Waals surface area contributed by atoms with E-state index in [4.69, 9.17) is 11.6 Å². The van der Waals surface area contributed by atoms with Crippen molar-refractivity contribution in [3.63, 3.8) is 0 Å². The zero-order valence-electron chi connectivity index (χ0n) is 10.4. The summed E-state index contributed by atoms with van der Waals surface area (Å²) in [6.45, 7) is 0. The van der Waals surface area contributed by atoms with Crippen molar-refractivity contribution in [1.29, 1.82) is 0 Å². The summed E-state index contributed by atoms with van der Waals surface area (Å²) in [6, 6.07) is 5.93. The molecule has 3 aromatic rings. The van der Waals surface area contributed by atoms with E-state index >= 15 is 0 Å². The molecule has 2 aromatic carbocycles. The Morgan fingerprint density at radius 2 is 1.71 bits per heavy atom. The minimum Gasteiger partial charge on any atom is -0.292 e. The second-order valence-electron chi connectivity index (χ2n) is 4.30. The molecule has 0 bridgehead atoms. The highest BCUT2D eigenvalue weighted by Crippen LogP contribution is 2.27. The molecule has 21 heavy (non-hydrogen) atoms. The van der Waals surface area contributed by atoms with Crippen LogP contribution in [0.5, 0.6) is 0 Å². The van der Waals surface area contributed by atoms with Gasteiger partial charge in [-0.2, -0.15) is 0 Å². The summed E-state index contributed by atoms with van der Waals surface area (Å²) in [4.78, 5) is 3.97. The average molecular weight is 315 g/mol. The van der Waals surface area contributed by atoms with Crippen molar-refractivity contribution >= 4 is 22.6 Å². The van der Waals surface area contributed by atoms with Crippen molar-refractivity contribution in [3.8, 4) is 5.69 Å². The lowest BCUT2D eigenvalue weighted by molar-refractivity contribution is 0.444. The number of nitrogens with zero attached hydrogens (tertiary/aromatic N) is 2. The van der Waals surface area contributed by atoms with Crippen LogP contribution in [-0.4, -0.2) is 9.55 Å². The molecule has 0 spiro atoms. The van der Waals surface area contributed by atoms with E-state index in [9.17, 15) is 17.6 Å². The maximum absolute atomic E-state index is 14.0. The van der Waals surface area contributed by atoms with Gasteiger partial charge in [-0.05, 0) is 24.3 Å². The normalized spacial score (nSPS) is 11.3. The van der Waals surface area contributed by atoms with Gasteiger partial charge in [0, 0.05) is 0 Å². The average Bonchev–Trinajstić information content (AvgIpc) is 2.85. The molecule has 0 aliphatic heterocycles. The summed E-state index contributed by atoms with van der Waals surface area (Å²) in [6.07, 6.45) is 0. The van der Waals surface area contributed by atoms with Crippen molar-refractivity contribution in [2.45, 2.75) is 5.88 Å². The standard InChI is InChI=1S/C14H7ClF4N2/c15-6-11-20-14-8(17)2-1-3-10(14)21(11)9-5-4-7(16)12(18)13(9)19/h1-5H,6H2. The first-order chi connectivity index (χ1) is 10.0. The van der Waals surface area contributed by atoms with Crippen LogP contribution in [0.3, 0.4) is 0 Å². The first-order valence-corrected chi connectivity index (χ1v) is 6.43. The number of hydrogen-bond donors (Lipinski definition) is 0. The molecule has 0 aliphatic carbocycles. The maximum atomic E-state index is 14.0. The lowest BCUT2D eigenvalue weighted by Crippen LogP contribution is -2.05. The van der Waals surface area contributed by atoms with Crippen LogP contribution in [0.25, 0.3) is 16.7 Å². The Balaban J connectivity index is 2.40. The van der Waals surface area contributed by atoms with E-state index in [0.29, 0.717) is 0 Å². The van der Waals surface area contributed by atoms with Crippen LogP contribution in [0.15, 0.2) is 30.3 Å². The highest BCUT2D eigenvalue weighted by atomic mass is 35.5. The van der Waals surface area contributed by atoms with Gasteiger partial charge in [0.25, 0.3) is 0 Å². The molecule has 1 aromatic heterocycles. The van der Waals surface area contributed by atoms with Crippen LogP contribution in [0, 0.1) is 23.3 Å². The molecule has 0 aliphatic rings. The van der Waals surface area contributed by atoms with Gasteiger partial charge in [-0.1, -0.05) is 6.07 Å². The van der Waals surface area contributed by atoms with Crippen LogP contribution in [-0.2, 0) is 5.88 Å². The third-order valence-corrected chi connectivity index (χ3v) is 3.32. The van der Waals surface area contributed by atoms with E-state index in [1.165, 1.54) is 22.8 Å². The molecule has 0 amide bonds. The molecule has 2 nitrogen and oxygen atoms in total. The molecule has 1 heterocycles. The van der Waals surface area contributed by atoms with Crippen molar-refractivity contribution < 1.29 is 17.6 Å². The molecule has 0 atom stereocenters. The molecule has 0 radical (unpaired) electrons. The Labute approximate surface area is 121 Å². The van der Waals surface area contributed by atoms with E-state index in [1.54, 1.807) is 0 Å². The van der Waals surface area contributed by atoms with Crippen molar-refractivity contribution in [1.82, 2.24) is 9.55 Å². The highest BCUT2D eigenvalue weighted by molar-refractivity contribution is 6.17. The monoisotopic (exact) mass is 314 g/mol. The van der Waals surface area contributed by atoms with Gasteiger partial charge >= 0.3 is 0 Å². The molecule has 0 N–H and O–H groups in total. The third kappa shape index (κ3) is 2.06. The number of imidazole rings is 1. The minimum absolute atomic E-state index is 0.0164. The molecule has 0 unspecified atom stereocenters. The quantitative estimate of drug-likeness (QED) is 0.391. The molecular weight excluding hydrogens is 308 g/mol. The summed E-state index contributed by atoms with van der Waals surface area (Å²) < 4.78 is 55.3. The molecule has 108 valence electrons. The van der Waals surface area contributed by atoms with E-state index < -0.39 is 23.3 Å². The molecule has 0 fully saturated rings. The number of benzene rings is 2.